The lowest BCUT2D eigenvalue weighted by Crippen LogP contribution is -2.45. The number of nitrogens with zero attached hydrogens (tertiary/aromatic N) is 2. The molecule has 0 radical (unpaired) electrons. The van der Waals surface area contributed by atoms with E-state index in [1.54, 1.807) is 42.5 Å². The van der Waals surface area contributed by atoms with Crippen LogP contribution in [0.25, 0.3) is 17.4 Å². The number of piperazine rings is 1. The summed E-state index contributed by atoms with van der Waals surface area (Å²) in [6.45, 7) is 3.44. The number of benzene rings is 2. The first-order valence-corrected chi connectivity index (χ1v) is 12.9. The van der Waals surface area contributed by atoms with Crippen LogP contribution in [0.5, 0.6) is 0 Å². The number of hydrogen-bond donors (Lipinski definition) is 2. The molecule has 1 aliphatic rings. The Morgan fingerprint density at radius 2 is 1.82 bits per heavy atom. The van der Waals surface area contributed by atoms with E-state index < -0.39 is 11.9 Å². The van der Waals surface area contributed by atoms with E-state index in [9.17, 15) is 9.59 Å². The van der Waals surface area contributed by atoms with Crippen molar-refractivity contribution in [1.29, 1.82) is 0 Å². The maximum Gasteiger partial charge on any atom is 0.337 e. The standard InChI is InChI=1S/C27H26Cl2N4O4S/c1-32-11-13-33(14-12-32)23-8-3-17(26(35)36-2)15-22(23)30-27(38)31-25(34)10-6-19-5-9-24(37-19)20-7-4-18(28)16-21(20)29/h3-10,15-16H,11-14H2,1-2H3,(H2,30,31,34,38)/b10-6+. The van der Waals surface area contributed by atoms with Crippen LogP contribution < -0.4 is 15.5 Å². The Balaban J connectivity index is 1.43. The van der Waals surface area contributed by atoms with E-state index in [1.165, 1.54) is 19.3 Å². The molecule has 0 aliphatic carbocycles. The van der Waals surface area contributed by atoms with Gasteiger partial charge in [0.1, 0.15) is 11.5 Å². The Labute approximate surface area is 236 Å². The lowest BCUT2D eigenvalue weighted by Gasteiger charge is -2.35. The third kappa shape index (κ3) is 6.93. The molecule has 38 heavy (non-hydrogen) atoms. The van der Waals surface area contributed by atoms with Crippen molar-refractivity contribution in [2.24, 2.45) is 0 Å². The minimum Gasteiger partial charge on any atom is -0.465 e. The second kappa shape index (κ2) is 12.4. The number of nitrogens with one attached hydrogen (secondary N) is 2. The molecule has 0 spiro atoms. The average molecular weight is 574 g/mol. The van der Waals surface area contributed by atoms with Crippen molar-refractivity contribution in [3.63, 3.8) is 0 Å². The van der Waals surface area contributed by atoms with Gasteiger partial charge < -0.3 is 24.3 Å². The molecule has 8 nitrogen and oxygen atoms in total. The molecule has 2 heterocycles. The van der Waals surface area contributed by atoms with Crippen molar-refractivity contribution in [2.45, 2.75) is 0 Å². The molecule has 0 bridgehead atoms. The van der Waals surface area contributed by atoms with Gasteiger partial charge in [0.15, 0.2) is 5.11 Å². The first kappa shape index (κ1) is 27.7. The molecule has 198 valence electrons. The van der Waals surface area contributed by atoms with Gasteiger partial charge in [-0.25, -0.2) is 4.79 Å². The van der Waals surface area contributed by atoms with E-state index in [2.05, 4.69) is 27.5 Å². The Morgan fingerprint density at radius 1 is 1.05 bits per heavy atom. The highest BCUT2D eigenvalue weighted by Crippen LogP contribution is 2.32. The molecular weight excluding hydrogens is 547 g/mol. The summed E-state index contributed by atoms with van der Waals surface area (Å²) in [5.74, 6) is 0.0952. The fraction of sp³-hybridized carbons (Fsp3) is 0.222. The predicted octanol–water partition coefficient (Wildman–Crippen LogP) is 5.32. The van der Waals surface area contributed by atoms with E-state index in [0.29, 0.717) is 38.4 Å². The Bertz CT molecular complexity index is 1380. The molecule has 1 saturated heterocycles. The van der Waals surface area contributed by atoms with Crippen LogP contribution in [0.3, 0.4) is 0 Å². The SMILES string of the molecule is COC(=O)c1ccc(N2CCN(C)CC2)c(NC(=S)NC(=O)/C=C/c2ccc(-c3ccc(Cl)cc3Cl)o2)c1. The summed E-state index contributed by atoms with van der Waals surface area (Å²) in [4.78, 5) is 29.1. The number of anilines is 2. The number of likely N-dealkylation sites (N-methyl/N-ethyl adjacent to an activating group) is 1. The molecule has 1 aliphatic heterocycles. The van der Waals surface area contributed by atoms with Gasteiger partial charge in [-0.2, -0.15) is 0 Å². The minimum atomic E-state index is -0.464. The molecule has 0 unspecified atom stereocenters. The molecular formula is C27H26Cl2N4O4S. The van der Waals surface area contributed by atoms with Crippen LogP contribution in [0.2, 0.25) is 10.0 Å². The van der Waals surface area contributed by atoms with E-state index in [-0.39, 0.29) is 5.11 Å². The number of halogens is 2. The van der Waals surface area contributed by atoms with Gasteiger partial charge in [0.25, 0.3) is 0 Å². The molecule has 1 aromatic heterocycles. The zero-order valence-corrected chi connectivity index (χ0v) is 23.1. The second-order valence-corrected chi connectivity index (χ2v) is 9.87. The number of furan rings is 1. The number of rotatable bonds is 6. The quantitative estimate of drug-likeness (QED) is 0.233. The van der Waals surface area contributed by atoms with Crippen LogP contribution in [0, 0.1) is 0 Å². The topological polar surface area (TPSA) is 87.0 Å². The van der Waals surface area contributed by atoms with Crippen molar-refractivity contribution >= 4 is 69.9 Å². The van der Waals surface area contributed by atoms with Gasteiger partial charge >= 0.3 is 5.97 Å². The first-order valence-electron chi connectivity index (χ1n) is 11.7. The van der Waals surface area contributed by atoms with E-state index in [0.717, 1.165) is 31.9 Å². The molecule has 1 fully saturated rings. The van der Waals surface area contributed by atoms with Crippen LogP contribution in [0.1, 0.15) is 16.1 Å². The molecule has 2 N–H and O–H groups in total. The minimum absolute atomic E-state index is 0.0881. The number of carbonyl (C=O) groups excluding carboxylic acids is 2. The number of ether oxygens (including phenoxy) is 1. The maximum absolute atomic E-state index is 12.5. The zero-order chi connectivity index (χ0) is 27.2. The second-order valence-electron chi connectivity index (χ2n) is 8.62. The highest BCUT2D eigenvalue weighted by atomic mass is 35.5. The fourth-order valence-corrected chi connectivity index (χ4v) is 4.66. The smallest absolute Gasteiger partial charge is 0.337 e. The van der Waals surface area contributed by atoms with Crippen molar-refractivity contribution < 1.29 is 18.7 Å². The number of esters is 1. The molecule has 0 atom stereocenters. The summed E-state index contributed by atoms with van der Waals surface area (Å²) in [7, 11) is 3.40. The largest absolute Gasteiger partial charge is 0.465 e. The highest BCUT2D eigenvalue weighted by molar-refractivity contribution is 7.80. The number of methoxy groups -OCH3 is 1. The third-order valence-corrected chi connectivity index (χ3v) is 6.72. The van der Waals surface area contributed by atoms with Crippen molar-refractivity contribution in [2.75, 3.05) is 50.6 Å². The van der Waals surface area contributed by atoms with Crippen molar-refractivity contribution in [1.82, 2.24) is 10.2 Å². The number of amides is 1. The van der Waals surface area contributed by atoms with Crippen molar-refractivity contribution in [3.05, 3.63) is 76.0 Å². The Morgan fingerprint density at radius 3 is 2.53 bits per heavy atom. The summed E-state index contributed by atoms with van der Waals surface area (Å²) in [5.41, 5.74) is 2.54. The maximum atomic E-state index is 12.5. The van der Waals surface area contributed by atoms with Crippen LogP contribution in [-0.2, 0) is 9.53 Å². The summed E-state index contributed by atoms with van der Waals surface area (Å²) < 4.78 is 10.6. The summed E-state index contributed by atoms with van der Waals surface area (Å²) in [6.07, 6.45) is 2.84. The van der Waals surface area contributed by atoms with Gasteiger partial charge in [-0.1, -0.05) is 23.2 Å². The summed E-state index contributed by atoms with van der Waals surface area (Å²) in [6, 6.07) is 13.8. The first-order chi connectivity index (χ1) is 18.2. The molecule has 0 saturated carbocycles. The molecule has 11 heteroatoms. The Kier molecular flexibility index (Phi) is 9.06. The summed E-state index contributed by atoms with van der Waals surface area (Å²) in [5, 5.41) is 6.76. The highest BCUT2D eigenvalue weighted by Gasteiger charge is 2.19. The van der Waals surface area contributed by atoms with Gasteiger partial charge in [0.05, 0.1) is 29.1 Å². The van der Waals surface area contributed by atoms with Crippen LogP contribution in [-0.4, -0.2) is 62.2 Å². The lowest BCUT2D eigenvalue weighted by molar-refractivity contribution is -0.115. The molecule has 3 aromatic rings. The van der Waals surface area contributed by atoms with Gasteiger partial charge in [-0.3, -0.25) is 10.1 Å². The average Bonchev–Trinajstić information content (AvgIpc) is 3.36. The normalized spacial score (nSPS) is 13.9. The third-order valence-electron chi connectivity index (χ3n) is 5.97. The number of hydrogen-bond acceptors (Lipinski definition) is 7. The molecule has 2 aromatic carbocycles. The molecule has 4 rings (SSSR count). The van der Waals surface area contributed by atoms with Gasteiger partial charge in [0, 0.05) is 42.8 Å². The van der Waals surface area contributed by atoms with Gasteiger partial charge in [0.2, 0.25) is 5.91 Å². The van der Waals surface area contributed by atoms with Gasteiger partial charge in [-0.15, -0.1) is 0 Å². The van der Waals surface area contributed by atoms with E-state index in [4.69, 9.17) is 44.6 Å². The van der Waals surface area contributed by atoms with Gasteiger partial charge in [-0.05, 0) is 73.9 Å². The number of carbonyl (C=O) groups is 2. The van der Waals surface area contributed by atoms with E-state index >= 15 is 0 Å². The van der Waals surface area contributed by atoms with Crippen molar-refractivity contribution in [3.8, 4) is 11.3 Å². The molecule has 1 amide bonds. The number of thiocarbonyl (C=S) groups is 1. The fourth-order valence-electron chi connectivity index (χ4n) is 3.95. The summed E-state index contributed by atoms with van der Waals surface area (Å²) >= 11 is 17.6. The van der Waals surface area contributed by atoms with Crippen LogP contribution in [0.4, 0.5) is 11.4 Å². The van der Waals surface area contributed by atoms with Crippen LogP contribution in [0.15, 0.2) is 59.0 Å². The van der Waals surface area contributed by atoms with E-state index in [1.807, 2.05) is 6.07 Å². The van der Waals surface area contributed by atoms with Crippen LogP contribution >= 0.6 is 35.4 Å². The predicted molar refractivity (Wildman–Crippen MR) is 155 cm³/mol. The monoisotopic (exact) mass is 572 g/mol. The lowest BCUT2D eigenvalue weighted by atomic mass is 10.1. The zero-order valence-electron chi connectivity index (χ0n) is 20.8. The Hall–Kier alpha value is -3.37.